The van der Waals surface area contributed by atoms with Gasteiger partial charge in [-0.05, 0) is 31.0 Å². The molecule has 1 saturated heterocycles. The molecule has 2 rings (SSSR count). The van der Waals surface area contributed by atoms with Crippen LogP contribution < -0.4 is 5.32 Å². The molecule has 1 aliphatic heterocycles. The number of halogens is 3. The molecular weight excluding hydrogens is 259 g/mol. The summed E-state index contributed by atoms with van der Waals surface area (Å²) in [6.07, 6.45) is -3.76. The van der Waals surface area contributed by atoms with Crippen LogP contribution in [0.2, 0.25) is 0 Å². The third-order valence-corrected chi connectivity index (χ3v) is 3.07. The van der Waals surface area contributed by atoms with Crippen molar-refractivity contribution in [1.82, 2.24) is 5.32 Å². The van der Waals surface area contributed by atoms with Gasteiger partial charge in [0, 0.05) is 12.2 Å². The van der Waals surface area contributed by atoms with Gasteiger partial charge >= 0.3 is 6.18 Å². The maximum absolute atomic E-state index is 12.6. The molecule has 0 radical (unpaired) electrons. The Labute approximate surface area is 108 Å². The minimum atomic E-state index is -4.45. The number of hydrogen-bond acceptors (Lipinski definition) is 2. The second-order valence-corrected chi connectivity index (χ2v) is 4.56. The van der Waals surface area contributed by atoms with Gasteiger partial charge in [-0.2, -0.15) is 13.2 Å². The van der Waals surface area contributed by atoms with Crippen molar-refractivity contribution in [3.63, 3.8) is 0 Å². The minimum Gasteiger partial charge on any atom is -0.379 e. The van der Waals surface area contributed by atoms with Crippen LogP contribution in [0.3, 0.4) is 0 Å². The molecule has 1 aliphatic rings. The normalized spacial score (nSPS) is 19.5. The van der Waals surface area contributed by atoms with E-state index in [0.717, 1.165) is 12.1 Å². The van der Waals surface area contributed by atoms with E-state index < -0.39 is 17.6 Å². The molecule has 0 aliphatic carbocycles. The molecule has 19 heavy (non-hydrogen) atoms. The van der Waals surface area contributed by atoms with Crippen LogP contribution in [0.5, 0.6) is 0 Å². The average molecular weight is 273 g/mol. The number of rotatable bonds is 2. The van der Waals surface area contributed by atoms with Gasteiger partial charge in [-0.3, -0.25) is 4.79 Å². The Hall–Kier alpha value is -1.56. The van der Waals surface area contributed by atoms with Crippen LogP contribution in [0, 0.1) is 6.92 Å². The highest BCUT2D eigenvalue weighted by Crippen LogP contribution is 2.30. The van der Waals surface area contributed by atoms with E-state index in [1.54, 1.807) is 6.92 Å². The molecule has 0 unspecified atom stereocenters. The number of carbonyl (C=O) groups is 1. The third kappa shape index (κ3) is 3.26. The zero-order valence-electron chi connectivity index (χ0n) is 10.4. The van der Waals surface area contributed by atoms with E-state index >= 15 is 0 Å². The standard InChI is InChI=1S/C13H14F3NO2/c1-8-2-3-9(13(14,15)16)6-11(8)12(18)17-10-4-5-19-7-10/h2-3,6,10H,4-5,7H2,1H3,(H,17,18)/t10-/m1/s1. The second-order valence-electron chi connectivity index (χ2n) is 4.56. The fourth-order valence-electron chi connectivity index (χ4n) is 1.95. The van der Waals surface area contributed by atoms with E-state index in [9.17, 15) is 18.0 Å². The van der Waals surface area contributed by atoms with Gasteiger partial charge in [-0.1, -0.05) is 6.07 Å². The quantitative estimate of drug-likeness (QED) is 0.899. The van der Waals surface area contributed by atoms with E-state index in [0.29, 0.717) is 25.2 Å². The number of carbonyl (C=O) groups excluding carboxylic acids is 1. The van der Waals surface area contributed by atoms with Crippen molar-refractivity contribution in [2.45, 2.75) is 25.6 Å². The molecule has 3 nitrogen and oxygen atoms in total. The lowest BCUT2D eigenvalue weighted by atomic mass is 10.0. The van der Waals surface area contributed by atoms with Crippen LogP contribution in [0.1, 0.15) is 27.9 Å². The lowest BCUT2D eigenvalue weighted by molar-refractivity contribution is -0.137. The van der Waals surface area contributed by atoms with Crippen molar-refractivity contribution in [2.75, 3.05) is 13.2 Å². The van der Waals surface area contributed by atoms with Crippen LogP contribution in [-0.2, 0) is 10.9 Å². The first-order valence-electron chi connectivity index (χ1n) is 5.94. The maximum atomic E-state index is 12.6. The third-order valence-electron chi connectivity index (χ3n) is 3.07. The maximum Gasteiger partial charge on any atom is 0.416 e. The van der Waals surface area contributed by atoms with Crippen LogP contribution in [-0.4, -0.2) is 25.2 Å². The SMILES string of the molecule is Cc1ccc(C(F)(F)F)cc1C(=O)N[C@@H]1CCOC1. The van der Waals surface area contributed by atoms with E-state index in [4.69, 9.17) is 4.74 Å². The predicted molar refractivity (Wildman–Crippen MR) is 62.9 cm³/mol. The van der Waals surface area contributed by atoms with E-state index in [-0.39, 0.29) is 11.6 Å². The Morgan fingerprint density at radius 3 is 2.74 bits per heavy atom. The van der Waals surface area contributed by atoms with Gasteiger partial charge in [0.1, 0.15) is 0 Å². The smallest absolute Gasteiger partial charge is 0.379 e. The predicted octanol–water partition coefficient (Wildman–Crippen LogP) is 2.53. The van der Waals surface area contributed by atoms with Crippen molar-refractivity contribution >= 4 is 5.91 Å². The summed E-state index contributed by atoms with van der Waals surface area (Å²) >= 11 is 0. The molecule has 0 bridgehead atoms. The highest BCUT2D eigenvalue weighted by molar-refractivity contribution is 5.96. The first-order valence-corrected chi connectivity index (χ1v) is 5.94. The average Bonchev–Trinajstić information content (AvgIpc) is 2.80. The fraction of sp³-hybridized carbons (Fsp3) is 0.462. The second kappa shape index (κ2) is 5.21. The highest BCUT2D eigenvalue weighted by Gasteiger charge is 2.31. The Kier molecular flexibility index (Phi) is 3.80. The summed E-state index contributed by atoms with van der Waals surface area (Å²) in [4.78, 5) is 12.0. The van der Waals surface area contributed by atoms with Crippen LogP contribution in [0.25, 0.3) is 0 Å². The van der Waals surface area contributed by atoms with E-state index in [2.05, 4.69) is 5.32 Å². The lowest BCUT2D eigenvalue weighted by Gasteiger charge is -2.14. The van der Waals surface area contributed by atoms with Gasteiger partial charge in [0.15, 0.2) is 0 Å². The zero-order chi connectivity index (χ0) is 14.0. The molecule has 0 spiro atoms. The van der Waals surface area contributed by atoms with Crippen molar-refractivity contribution in [3.8, 4) is 0 Å². The first-order chi connectivity index (χ1) is 8.88. The Morgan fingerprint density at radius 2 is 2.16 bits per heavy atom. The number of benzene rings is 1. The van der Waals surface area contributed by atoms with Gasteiger partial charge in [-0.25, -0.2) is 0 Å². The number of aryl methyl sites for hydroxylation is 1. The highest BCUT2D eigenvalue weighted by atomic mass is 19.4. The molecule has 0 saturated carbocycles. The summed E-state index contributed by atoms with van der Waals surface area (Å²) in [6.45, 7) is 2.58. The molecule has 1 fully saturated rings. The molecule has 1 heterocycles. The van der Waals surface area contributed by atoms with Gasteiger partial charge in [0.2, 0.25) is 0 Å². The van der Waals surface area contributed by atoms with Gasteiger partial charge < -0.3 is 10.1 Å². The summed E-state index contributed by atoms with van der Waals surface area (Å²) in [7, 11) is 0. The monoisotopic (exact) mass is 273 g/mol. The van der Waals surface area contributed by atoms with Crippen molar-refractivity contribution < 1.29 is 22.7 Å². The van der Waals surface area contributed by atoms with E-state index in [1.165, 1.54) is 6.07 Å². The molecular formula is C13H14F3NO2. The Bertz CT molecular complexity index is 479. The molecule has 1 aromatic carbocycles. The molecule has 1 amide bonds. The Balaban J connectivity index is 2.20. The summed E-state index contributed by atoms with van der Waals surface area (Å²) in [5.41, 5.74) is -0.239. The molecule has 104 valence electrons. The minimum absolute atomic E-state index is 0.0572. The van der Waals surface area contributed by atoms with Gasteiger partial charge in [0.05, 0.1) is 18.2 Å². The summed E-state index contributed by atoms with van der Waals surface area (Å²) < 4.78 is 43.0. The van der Waals surface area contributed by atoms with Gasteiger partial charge in [-0.15, -0.1) is 0 Å². The number of ether oxygens (including phenoxy) is 1. The molecule has 0 aromatic heterocycles. The van der Waals surface area contributed by atoms with Crippen molar-refractivity contribution in [1.29, 1.82) is 0 Å². The topological polar surface area (TPSA) is 38.3 Å². The van der Waals surface area contributed by atoms with E-state index in [1.807, 2.05) is 0 Å². The largest absolute Gasteiger partial charge is 0.416 e. The summed E-state index contributed by atoms with van der Waals surface area (Å²) in [5, 5.41) is 2.68. The Morgan fingerprint density at radius 1 is 1.42 bits per heavy atom. The van der Waals surface area contributed by atoms with Crippen LogP contribution in [0.15, 0.2) is 18.2 Å². The van der Waals surface area contributed by atoms with Gasteiger partial charge in [0.25, 0.3) is 5.91 Å². The zero-order valence-corrected chi connectivity index (χ0v) is 10.4. The molecule has 1 aromatic rings. The molecule has 1 atom stereocenters. The number of amides is 1. The van der Waals surface area contributed by atoms with Crippen molar-refractivity contribution in [3.05, 3.63) is 34.9 Å². The summed E-state index contributed by atoms with van der Waals surface area (Å²) in [6, 6.07) is 3.05. The number of nitrogens with one attached hydrogen (secondary N) is 1. The number of hydrogen-bond donors (Lipinski definition) is 1. The summed E-state index contributed by atoms with van der Waals surface area (Å²) in [5.74, 6) is -0.487. The first kappa shape index (κ1) is 13.9. The van der Waals surface area contributed by atoms with Crippen LogP contribution in [0.4, 0.5) is 13.2 Å². The number of alkyl halides is 3. The molecule has 1 N–H and O–H groups in total. The lowest BCUT2D eigenvalue weighted by Crippen LogP contribution is -2.35. The molecule has 6 heteroatoms. The van der Waals surface area contributed by atoms with Crippen LogP contribution >= 0.6 is 0 Å². The van der Waals surface area contributed by atoms with Crippen molar-refractivity contribution in [2.24, 2.45) is 0 Å². The fourth-order valence-corrected chi connectivity index (χ4v) is 1.95.